The van der Waals surface area contributed by atoms with E-state index in [1.807, 2.05) is 0 Å². The summed E-state index contributed by atoms with van der Waals surface area (Å²) < 4.78 is 38.1. The summed E-state index contributed by atoms with van der Waals surface area (Å²) in [6.45, 7) is 0. The fourth-order valence-corrected chi connectivity index (χ4v) is 1.98. The van der Waals surface area contributed by atoms with Crippen molar-refractivity contribution in [3.63, 3.8) is 0 Å². The maximum atomic E-state index is 12.7. The van der Waals surface area contributed by atoms with Crippen LogP contribution in [0.2, 0.25) is 5.02 Å². The van der Waals surface area contributed by atoms with Crippen molar-refractivity contribution in [2.24, 2.45) is 0 Å². The van der Waals surface area contributed by atoms with Crippen LogP contribution in [-0.4, -0.2) is 5.91 Å². The minimum absolute atomic E-state index is 0.104. The summed E-state index contributed by atoms with van der Waals surface area (Å²) in [4.78, 5) is 12.1. The van der Waals surface area contributed by atoms with Crippen LogP contribution in [0.25, 0.3) is 6.08 Å². The van der Waals surface area contributed by atoms with Gasteiger partial charge in [-0.2, -0.15) is 18.4 Å². The average molecular weight is 351 g/mol. The van der Waals surface area contributed by atoms with E-state index in [1.165, 1.54) is 12.1 Å². The molecule has 2 rings (SSSR count). The molecule has 0 aliphatic rings. The predicted octanol–water partition coefficient (Wildman–Crippen LogP) is 4.90. The second kappa shape index (κ2) is 7.20. The molecule has 122 valence electrons. The molecule has 0 fully saturated rings. The molecular weight excluding hydrogens is 341 g/mol. The van der Waals surface area contributed by atoms with Crippen LogP contribution >= 0.6 is 11.6 Å². The zero-order chi connectivity index (χ0) is 17.7. The molecule has 0 saturated carbocycles. The van der Waals surface area contributed by atoms with Gasteiger partial charge < -0.3 is 5.32 Å². The molecule has 0 spiro atoms. The number of amides is 1. The fourth-order valence-electron chi connectivity index (χ4n) is 1.85. The lowest BCUT2D eigenvalue weighted by Crippen LogP contribution is -2.13. The van der Waals surface area contributed by atoms with Gasteiger partial charge in [-0.25, -0.2) is 0 Å². The number of carbonyl (C=O) groups excluding carboxylic acids is 1. The number of nitrogens with one attached hydrogen (secondary N) is 1. The Morgan fingerprint density at radius 1 is 1.17 bits per heavy atom. The minimum atomic E-state index is -4.50. The molecule has 24 heavy (non-hydrogen) atoms. The third-order valence-electron chi connectivity index (χ3n) is 2.99. The number of anilines is 1. The molecule has 0 aliphatic carbocycles. The highest BCUT2D eigenvalue weighted by atomic mass is 35.5. The zero-order valence-corrected chi connectivity index (χ0v) is 12.8. The Hall–Kier alpha value is -2.78. The van der Waals surface area contributed by atoms with Gasteiger partial charge in [0.15, 0.2) is 0 Å². The van der Waals surface area contributed by atoms with Gasteiger partial charge >= 0.3 is 6.18 Å². The van der Waals surface area contributed by atoms with E-state index < -0.39 is 17.6 Å². The number of alkyl halides is 3. The molecule has 7 heteroatoms. The maximum absolute atomic E-state index is 12.7. The minimum Gasteiger partial charge on any atom is -0.321 e. The highest BCUT2D eigenvalue weighted by molar-refractivity contribution is 6.30. The number of carbonyl (C=O) groups is 1. The monoisotopic (exact) mass is 350 g/mol. The molecule has 0 atom stereocenters. The van der Waals surface area contributed by atoms with Gasteiger partial charge in [0.2, 0.25) is 0 Å². The van der Waals surface area contributed by atoms with Crippen molar-refractivity contribution in [3.8, 4) is 6.07 Å². The highest BCUT2D eigenvalue weighted by Crippen LogP contribution is 2.30. The second-order valence-electron chi connectivity index (χ2n) is 4.75. The van der Waals surface area contributed by atoms with Crippen molar-refractivity contribution >= 4 is 29.3 Å². The molecule has 0 saturated heterocycles. The lowest BCUT2D eigenvalue weighted by atomic mass is 10.1. The standard InChI is InChI=1S/C17H10ClF3N2O/c18-14-4-6-15(7-5-14)23-16(24)12(10-22)8-11-2-1-3-13(9-11)17(19,20)21/h1-9H,(H,23,24)/b12-8+. The second-order valence-corrected chi connectivity index (χ2v) is 5.19. The molecule has 2 aromatic carbocycles. The van der Waals surface area contributed by atoms with E-state index in [0.717, 1.165) is 18.2 Å². The summed E-state index contributed by atoms with van der Waals surface area (Å²) in [6, 6.07) is 12.2. The lowest BCUT2D eigenvalue weighted by Gasteiger charge is -2.07. The number of hydrogen-bond donors (Lipinski definition) is 1. The Bertz CT molecular complexity index is 821. The first kappa shape index (κ1) is 17.6. The molecule has 1 amide bonds. The molecule has 3 nitrogen and oxygen atoms in total. The van der Waals surface area contributed by atoms with E-state index in [1.54, 1.807) is 30.3 Å². The van der Waals surface area contributed by atoms with E-state index in [-0.39, 0.29) is 11.1 Å². The van der Waals surface area contributed by atoms with Crippen molar-refractivity contribution in [1.82, 2.24) is 0 Å². The van der Waals surface area contributed by atoms with Crippen molar-refractivity contribution in [2.45, 2.75) is 6.18 Å². The van der Waals surface area contributed by atoms with Gasteiger partial charge in [0, 0.05) is 10.7 Å². The van der Waals surface area contributed by atoms with Crippen molar-refractivity contribution < 1.29 is 18.0 Å². The number of nitriles is 1. The van der Waals surface area contributed by atoms with Crippen LogP contribution < -0.4 is 5.32 Å². The van der Waals surface area contributed by atoms with Crippen LogP contribution in [-0.2, 0) is 11.0 Å². The number of rotatable bonds is 3. The fraction of sp³-hybridized carbons (Fsp3) is 0.0588. The SMILES string of the molecule is N#C/C(=C\c1cccc(C(F)(F)F)c1)C(=O)Nc1ccc(Cl)cc1. The van der Waals surface area contributed by atoms with Crippen molar-refractivity contribution in [3.05, 3.63) is 70.3 Å². The summed E-state index contributed by atoms with van der Waals surface area (Å²) in [7, 11) is 0. The third kappa shape index (κ3) is 4.61. The first-order valence-electron chi connectivity index (χ1n) is 6.65. The van der Waals surface area contributed by atoms with Gasteiger partial charge in [-0.1, -0.05) is 23.7 Å². The average Bonchev–Trinajstić information content (AvgIpc) is 2.54. The number of halogens is 4. The smallest absolute Gasteiger partial charge is 0.321 e. The van der Waals surface area contributed by atoms with Gasteiger partial charge in [-0.05, 0) is 48.0 Å². The predicted molar refractivity (Wildman–Crippen MR) is 85.1 cm³/mol. The third-order valence-corrected chi connectivity index (χ3v) is 3.24. The summed E-state index contributed by atoms with van der Waals surface area (Å²) in [5, 5.41) is 12.0. The van der Waals surface area contributed by atoms with Crippen molar-refractivity contribution in [1.29, 1.82) is 5.26 Å². The van der Waals surface area contributed by atoms with Crippen LogP contribution in [0.3, 0.4) is 0 Å². The molecule has 0 aliphatic heterocycles. The Morgan fingerprint density at radius 2 is 1.83 bits per heavy atom. The Balaban J connectivity index is 2.24. The quantitative estimate of drug-likeness (QED) is 0.632. The van der Waals surface area contributed by atoms with E-state index in [0.29, 0.717) is 10.7 Å². The molecule has 0 radical (unpaired) electrons. The van der Waals surface area contributed by atoms with Crippen LogP contribution in [0.4, 0.5) is 18.9 Å². The lowest BCUT2D eigenvalue weighted by molar-refractivity contribution is -0.137. The van der Waals surface area contributed by atoms with Gasteiger partial charge in [0.25, 0.3) is 5.91 Å². The van der Waals surface area contributed by atoms with E-state index in [4.69, 9.17) is 16.9 Å². The van der Waals surface area contributed by atoms with E-state index >= 15 is 0 Å². The van der Waals surface area contributed by atoms with Gasteiger partial charge in [-0.15, -0.1) is 0 Å². The molecule has 0 heterocycles. The van der Waals surface area contributed by atoms with Crippen LogP contribution in [0, 0.1) is 11.3 Å². The van der Waals surface area contributed by atoms with Gasteiger partial charge in [0.05, 0.1) is 5.56 Å². The van der Waals surface area contributed by atoms with Gasteiger partial charge in [0.1, 0.15) is 11.6 Å². The largest absolute Gasteiger partial charge is 0.416 e. The summed E-state index contributed by atoms with van der Waals surface area (Å²) >= 11 is 5.73. The van der Waals surface area contributed by atoms with E-state index in [9.17, 15) is 18.0 Å². The first-order valence-corrected chi connectivity index (χ1v) is 7.03. The normalized spacial score (nSPS) is 11.7. The topological polar surface area (TPSA) is 52.9 Å². The van der Waals surface area contributed by atoms with Crippen molar-refractivity contribution in [2.75, 3.05) is 5.32 Å². The summed E-state index contributed by atoms with van der Waals surface area (Å²) in [5.41, 5.74) is -0.654. The number of benzene rings is 2. The van der Waals surface area contributed by atoms with E-state index in [2.05, 4.69) is 5.32 Å². The Labute approximate surface area is 141 Å². The Morgan fingerprint density at radius 3 is 2.42 bits per heavy atom. The van der Waals surface area contributed by atoms with Gasteiger partial charge in [-0.3, -0.25) is 4.79 Å². The molecule has 0 unspecified atom stereocenters. The molecule has 2 aromatic rings. The number of nitrogens with zero attached hydrogens (tertiary/aromatic N) is 1. The molecule has 1 N–H and O–H groups in total. The van der Waals surface area contributed by atoms with Crippen LogP contribution in [0.5, 0.6) is 0 Å². The molecular formula is C17H10ClF3N2O. The first-order chi connectivity index (χ1) is 11.3. The maximum Gasteiger partial charge on any atom is 0.416 e. The zero-order valence-electron chi connectivity index (χ0n) is 12.1. The number of hydrogen-bond acceptors (Lipinski definition) is 2. The molecule has 0 aromatic heterocycles. The summed E-state index contributed by atoms with van der Waals surface area (Å²) in [5.74, 6) is -0.725. The summed E-state index contributed by atoms with van der Waals surface area (Å²) in [6.07, 6.45) is -3.40. The highest BCUT2D eigenvalue weighted by Gasteiger charge is 2.30. The Kier molecular flexibility index (Phi) is 5.27. The van der Waals surface area contributed by atoms with Crippen LogP contribution in [0.15, 0.2) is 54.1 Å². The van der Waals surface area contributed by atoms with Crippen LogP contribution in [0.1, 0.15) is 11.1 Å². The molecule has 0 bridgehead atoms.